The van der Waals surface area contributed by atoms with Crippen LogP contribution in [0.5, 0.6) is 17.4 Å². The van der Waals surface area contributed by atoms with E-state index in [2.05, 4.69) is 20.5 Å². The lowest BCUT2D eigenvalue weighted by molar-refractivity contribution is -0.385. The highest BCUT2D eigenvalue weighted by molar-refractivity contribution is 5.85. The second-order valence-electron chi connectivity index (χ2n) is 6.70. The molecule has 1 N–H and O–H groups in total. The average Bonchev–Trinajstić information content (AvgIpc) is 2.84. The third kappa shape index (κ3) is 5.64. The molecular formula is C23H17N5O5. The second-order valence-corrected chi connectivity index (χ2v) is 6.70. The van der Waals surface area contributed by atoms with Gasteiger partial charge in [-0.05, 0) is 42.0 Å². The van der Waals surface area contributed by atoms with E-state index in [1.54, 1.807) is 36.5 Å². The van der Waals surface area contributed by atoms with E-state index in [1.165, 1.54) is 18.3 Å². The lowest BCUT2D eigenvalue weighted by Crippen LogP contribution is -2.24. The molecule has 0 aliphatic rings. The van der Waals surface area contributed by atoms with Gasteiger partial charge in [-0.3, -0.25) is 19.9 Å². The fourth-order valence-corrected chi connectivity index (χ4v) is 2.83. The van der Waals surface area contributed by atoms with Crippen molar-refractivity contribution in [1.82, 2.24) is 15.4 Å². The fourth-order valence-electron chi connectivity index (χ4n) is 2.83. The van der Waals surface area contributed by atoms with Crippen molar-refractivity contribution < 1.29 is 19.2 Å². The summed E-state index contributed by atoms with van der Waals surface area (Å²) in [6, 6.07) is 18.8. The van der Waals surface area contributed by atoms with Crippen LogP contribution in [0.1, 0.15) is 5.56 Å². The van der Waals surface area contributed by atoms with E-state index in [0.29, 0.717) is 17.0 Å². The zero-order valence-electron chi connectivity index (χ0n) is 17.1. The van der Waals surface area contributed by atoms with E-state index in [9.17, 15) is 14.9 Å². The van der Waals surface area contributed by atoms with Gasteiger partial charge in [0.25, 0.3) is 11.6 Å². The van der Waals surface area contributed by atoms with Gasteiger partial charge in [0.2, 0.25) is 5.88 Å². The molecule has 10 nitrogen and oxygen atoms in total. The number of ether oxygens (including phenoxy) is 2. The summed E-state index contributed by atoms with van der Waals surface area (Å²) in [5.41, 5.74) is 3.70. The van der Waals surface area contributed by atoms with Crippen molar-refractivity contribution in [2.24, 2.45) is 5.10 Å². The first kappa shape index (κ1) is 21.4. The highest BCUT2D eigenvalue weighted by Crippen LogP contribution is 2.23. The van der Waals surface area contributed by atoms with Crippen LogP contribution < -0.4 is 14.9 Å². The molecular weight excluding hydrogens is 426 g/mol. The Balaban J connectivity index is 1.27. The second kappa shape index (κ2) is 9.96. The van der Waals surface area contributed by atoms with Crippen molar-refractivity contribution in [3.63, 3.8) is 0 Å². The molecule has 2 heterocycles. The van der Waals surface area contributed by atoms with Crippen LogP contribution in [0.2, 0.25) is 0 Å². The van der Waals surface area contributed by atoms with Gasteiger partial charge in [0.1, 0.15) is 23.2 Å². The van der Waals surface area contributed by atoms with Crippen LogP contribution in [0, 0.1) is 10.1 Å². The summed E-state index contributed by atoms with van der Waals surface area (Å²) in [4.78, 5) is 30.3. The van der Waals surface area contributed by atoms with E-state index in [4.69, 9.17) is 9.47 Å². The molecule has 4 aromatic rings. The first-order chi connectivity index (χ1) is 16.1. The third-order valence-corrected chi connectivity index (χ3v) is 4.39. The number of rotatable bonds is 8. The predicted molar refractivity (Wildman–Crippen MR) is 120 cm³/mol. The lowest BCUT2D eigenvalue weighted by atomic mass is 10.2. The maximum atomic E-state index is 12.0. The van der Waals surface area contributed by atoms with Gasteiger partial charge in [-0.2, -0.15) is 5.10 Å². The Morgan fingerprint density at radius 1 is 1.06 bits per heavy atom. The summed E-state index contributed by atoms with van der Waals surface area (Å²) < 4.78 is 11.1. The summed E-state index contributed by atoms with van der Waals surface area (Å²) in [7, 11) is 0. The van der Waals surface area contributed by atoms with Crippen LogP contribution in [0.4, 0.5) is 5.69 Å². The Hall–Kier alpha value is -4.86. The number of amides is 1. The number of carbonyl (C=O) groups is 1. The fraction of sp³-hybridized carbons (Fsp3) is 0.0435. The van der Waals surface area contributed by atoms with Crippen LogP contribution >= 0.6 is 0 Å². The predicted octanol–water partition coefficient (Wildman–Crippen LogP) is 3.86. The Labute approximate surface area is 187 Å². The number of benzene rings is 2. The first-order valence-corrected chi connectivity index (χ1v) is 9.75. The molecule has 0 radical (unpaired) electrons. The van der Waals surface area contributed by atoms with Gasteiger partial charge in [-0.25, -0.2) is 10.4 Å². The molecule has 4 rings (SSSR count). The number of carbonyl (C=O) groups excluding carboxylic acids is 1. The molecule has 2 aromatic carbocycles. The maximum Gasteiger partial charge on any atom is 0.287 e. The molecule has 10 heteroatoms. The maximum absolute atomic E-state index is 12.0. The summed E-state index contributed by atoms with van der Waals surface area (Å²) >= 11 is 0. The van der Waals surface area contributed by atoms with Crippen LogP contribution in [0.25, 0.3) is 10.9 Å². The van der Waals surface area contributed by atoms with Gasteiger partial charge < -0.3 is 9.47 Å². The highest BCUT2D eigenvalue weighted by atomic mass is 16.6. The smallest absolute Gasteiger partial charge is 0.287 e. The number of fused-ring (bicyclic) bond motifs is 1. The minimum absolute atomic E-state index is 0.116. The van der Waals surface area contributed by atoms with Crippen LogP contribution in [-0.2, 0) is 4.79 Å². The van der Waals surface area contributed by atoms with Crippen LogP contribution in [0.3, 0.4) is 0 Å². The number of nitrogens with one attached hydrogen (secondary N) is 1. The molecule has 0 unspecified atom stereocenters. The molecule has 2 aromatic heterocycles. The van der Waals surface area contributed by atoms with Crippen LogP contribution in [-0.4, -0.2) is 33.6 Å². The quantitative estimate of drug-likeness (QED) is 0.249. The topological polar surface area (TPSA) is 129 Å². The summed E-state index contributed by atoms with van der Waals surface area (Å²) in [5.74, 6) is 0.832. The molecule has 0 spiro atoms. The number of nitro groups is 1. The summed E-state index contributed by atoms with van der Waals surface area (Å²) in [6.45, 7) is -0.206. The van der Waals surface area contributed by atoms with Crippen molar-refractivity contribution in [3.8, 4) is 17.4 Å². The molecule has 164 valence electrons. The zero-order chi connectivity index (χ0) is 23.0. The van der Waals surface area contributed by atoms with E-state index in [1.807, 2.05) is 24.3 Å². The van der Waals surface area contributed by atoms with Gasteiger partial charge in [0.05, 0.1) is 11.1 Å². The number of hydrazone groups is 1. The van der Waals surface area contributed by atoms with E-state index >= 15 is 0 Å². The Morgan fingerprint density at radius 2 is 1.88 bits per heavy atom. The van der Waals surface area contributed by atoms with E-state index in [-0.39, 0.29) is 18.2 Å². The van der Waals surface area contributed by atoms with Gasteiger partial charge in [-0.15, -0.1) is 0 Å². The monoisotopic (exact) mass is 443 g/mol. The molecule has 33 heavy (non-hydrogen) atoms. The Morgan fingerprint density at radius 3 is 2.64 bits per heavy atom. The number of hydrogen-bond acceptors (Lipinski definition) is 8. The molecule has 0 aliphatic heterocycles. The molecule has 0 saturated carbocycles. The molecule has 0 bridgehead atoms. The number of para-hydroxylation sites is 1. The summed E-state index contributed by atoms with van der Waals surface area (Å²) in [5, 5.41) is 15.5. The highest BCUT2D eigenvalue weighted by Gasteiger charge is 2.07. The minimum Gasteiger partial charge on any atom is -0.481 e. The third-order valence-electron chi connectivity index (χ3n) is 4.39. The van der Waals surface area contributed by atoms with Gasteiger partial charge >= 0.3 is 0 Å². The van der Waals surface area contributed by atoms with Gasteiger partial charge in [-0.1, -0.05) is 18.2 Å². The lowest BCUT2D eigenvalue weighted by Gasteiger charge is -2.07. The molecule has 1 amide bonds. The summed E-state index contributed by atoms with van der Waals surface area (Å²) in [6.07, 6.45) is 4.27. The number of pyridine rings is 2. The van der Waals surface area contributed by atoms with Crippen molar-refractivity contribution in [3.05, 3.63) is 94.8 Å². The van der Waals surface area contributed by atoms with Crippen molar-refractivity contribution in [2.75, 3.05) is 6.61 Å². The standard InChI is InChI=1S/C23H17N5O5/c29-21(15-32-20-5-1-3-17-4-2-12-24-23(17)20)27-26-13-16-6-9-19(10-7-16)33-22-11-8-18(14-25-22)28(30)31/h1-14H,15H2,(H,27,29)/b26-13+. The largest absolute Gasteiger partial charge is 0.481 e. The number of nitrogens with zero attached hydrogens (tertiary/aromatic N) is 4. The minimum atomic E-state index is -0.531. The molecule has 0 atom stereocenters. The van der Waals surface area contributed by atoms with Crippen molar-refractivity contribution in [1.29, 1.82) is 0 Å². The molecule has 0 aliphatic carbocycles. The van der Waals surface area contributed by atoms with Gasteiger partial charge in [0.15, 0.2) is 6.61 Å². The first-order valence-electron chi connectivity index (χ1n) is 9.75. The van der Waals surface area contributed by atoms with Crippen molar-refractivity contribution >= 4 is 28.7 Å². The average molecular weight is 443 g/mol. The van der Waals surface area contributed by atoms with Gasteiger partial charge in [0, 0.05) is 23.7 Å². The molecule has 0 saturated heterocycles. The SMILES string of the molecule is O=C(COc1cccc2cccnc12)N/N=C/c1ccc(Oc2ccc([N+](=O)[O-])cn2)cc1. The Bertz CT molecular complexity index is 1300. The number of aromatic nitrogens is 2. The van der Waals surface area contributed by atoms with E-state index in [0.717, 1.165) is 17.1 Å². The van der Waals surface area contributed by atoms with Crippen LogP contribution in [0.15, 0.2) is 84.2 Å². The van der Waals surface area contributed by atoms with E-state index < -0.39 is 10.8 Å². The normalized spacial score (nSPS) is 10.8. The van der Waals surface area contributed by atoms with Crippen molar-refractivity contribution in [2.45, 2.75) is 0 Å². The Kier molecular flexibility index (Phi) is 6.45. The zero-order valence-corrected chi connectivity index (χ0v) is 17.1. The molecule has 0 fully saturated rings. The number of hydrogen-bond donors (Lipinski definition) is 1.